The fourth-order valence-electron chi connectivity index (χ4n) is 3.95. The van der Waals surface area contributed by atoms with E-state index in [2.05, 4.69) is 36.9 Å². The Morgan fingerprint density at radius 1 is 1.00 bits per heavy atom. The van der Waals surface area contributed by atoms with Gasteiger partial charge < -0.3 is 9.80 Å². The molecule has 0 bridgehead atoms. The lowest BCUT2D eigenvalue weighted by Gasteiger charge is -2.39. The standard InChI is InChI=1S/C20H26N6O/c27-19(18-3-1-10-26(16-18)20-22-6-2-7-23-20)25-13-11-24(12-14-25)15-17-4-8-21-9-5-17/h2,4-9,18H,1,3,10-16H2. The van der Waals surface area contributed by atoms with E-state index < -0.39 is 0 Å². The van der Waals surface area contributed by atoms with Crippen LogP contribution in [0.3, 0.4) is 0 Å². The minimum absolute atomic E-state index is 0.0503. The Morgan fingerprint density at radius 3 is 2.48 bits per heavy atom. The molecule has 7 heteroatoms. The summed E-state index contributed by atoms with van der Waals surface area (Å²) in [6.45, 7) is 6.03. The lowest BCUT2D eigenvalue weighted by molar-refractivity contribution is -0.137. The van der Waals surface area contributed by atoms with Crippen molar-refractivity contribution in [2.45, 2.75) is 19.4 Å². The molecule has 4 heterocycles. The van der Waals surface area contributed by atoms with Crippen molar-refractivity contribution in [2.75, 3.05) is 44.2 Å². The fourth-order valence-corrected chi connectivity index (χ4v) is 3.95. The minimum Gasteiger partial charge on any atom is -0.340 e. The number of anilines is 1. The van der Waals surface area contributed by atoms with Crippen LogP contribution in [-0.4, -0.2) is 69.9 Å². The highest BCUT2D eigenvalue weighted by atomic mass is 16.2. The van der Waals surface area contributed by atoms with Crippen molar-refractivity contribution < 1.29 is 4.79 Å². The molecule has 2 fully saturated rings. The van der Waals surface area contributed by atoms with Crippen LogP contribution in [0.1, 0.15) is 18.4 Å². The molecule has 0 aliphatic carbocycles. The summed E-state index contributed by atoms with van der Waals surface area (Å²) in [6, 6.07) is 5.93. The molecule has 1 atom stereocenters. The molecule has 2 aliphatic rings. The van der Waals surface area contributed by atoms with Gasteiger partial charge in [-0.05, 0) is 36.6 Å². The number of amides is 1. The number of piperazine rings is 1. The number of piperidine rings is 1. The van der Waals surface area contributed by atoms with Crippen LogP contribution in [0, 0.1) is 5.92 Å². The van der Waals surface area contributed by atoms with Gasteiger partial charge in [-0.15, -0.1) is 0 Å². The van der Waals surface area contributed by atoms with Gasteiger partial charge in [0.25, 0.3) is 0 Å². The van der Waals surface area contributed by atoms with Gasteiger partial charge >= 0.3 is 0 Å². The quantitative estimate of drug-likeness (QED) is 0.816. The molecule has 0 radical (unpaired) electrons. The molecule has 142 valence electrons. The number of nitrogens with zero attached hydrogens (tertiary/aromatic N) is 6. The van der Waals surface area contributed by atoms with Crippen molar-refractivity contribution in [3.8, 4) is 0 Å². The average molecular weight is 366 g/mol. The highest BCUT2D eigenvalue weighted by molar-refractivity contribution is 5.79. The summed E-state index contributed by atoms with van der Waals surface area (Å²) in [6.07, 6.45) is 9.16. The van der Waals surface area contributed by atoms with Gasteiger partial charge in [-0.25, -0.2) is 9.97 Å². The van der Waals surface area contributed by atoms with Gasteiger partial charge in [0.1, 0.15) is 0 Å². The van der Waals surface area contributed by atoms with E-state index in [-0.39, 0.29) is 5.92 Å². The van der Waals surface area contributed by atoms with E-state index in [4.69, 9.17) is 0 Å². The summed E-state index contributed by atoms with van der Waals surface area (Å²) in [5.74, 6) is 1.07. The molecule has 2 aliphatic heterocycles. The molecule has 0 spiro atoms. The monoisotopic (exact) mass is 366 g/mol. The second-order valence-corrected chi connectivity index (χ2v) is 7.29. The van der Waals surface area contributed by atoms with Gasteiger partial charge in [-0.2, -0.15) is 0 Å². The van der Waals surface area contributed by atoms with E-state index in [9.17, 15) is 4.79 Å². The molecule has 0 aromatic carbocycles. The first-order valence-electron chi connectivity index (χ1n) is 9.71. The van der Waals surface area contributed by atoms with E-state index in [0.717, 1.165) is 64.6 Å². The fraction of sp³-hybridized carbons (Fsp3) is 0.500. The van der Waals surface area contributed by atoms with Crippen LogP contribution in [0.5, 0.6) is 0 Å². The van der Waals surface area contributed by atoms with Gasteiger partial charge in [0.15, 0.2) is 0 Å². The molecule has 2 aromatic rings. The van der Waals surface area contributed by atoms with E-state index in [0.29, 0.717) is 5.91 Å². The van der Waals surface area contributed by atoms with Crippen molar-refractivity contribution in [1.82, 2.24) is 24.8 Å². The first kappa shape index (κ1) is 17.9. The van der Waals surface area contributed by atoms with Crippen LogP contribution < -0.4 is 4.90 Å². The Bertz CT molecular complexity index is 733. The summed E-state index contributed by atoms with van der Waals surface area (Å²) in [5, 5.41) is 0. The normalized spacial score (nSPS) is 21.3. The van der Waals surface area contributed by atoms with E-state index in [1.807, 2.05) is 23.4 Å². The maximum atomic E-state index is 13.0. The lowest BCUT2D eigenvalue weighted by atomic mass is 9.96. The number of pyridine rings is 1. The van der Waals surface area contributed by atoms with Gasteiger partial charge in [-0.3, -0.25) is 14.7 Å². The first-order chi connectivity index (χ1) is 13.3. The zero-order valence-electron chi connectivity index (χ0n) is 15.6. The summed E-state index contributed by atoms with van der Waals surface area (Å²) in [7, 11) is 0. The molecule has 1 unspecified atom stereocenters. The maximum absolute atomic E-state index is 13.0. The predicted molar refractivity (Wildman–Crippen MR) is 103 cm³/mol. The van der Waals surface area contributed by atoms with Crippen LogP contribution in [0.4, 0.5) is 5.95 Å². The number of hydrogen-bond donors (Lipinski definition) is 0. The Balaban J connectivity index is 1.30. The molecular weight excluding hydrogens is 340 g/mol. The number of rotatable bonds is 4. The molecule has 0 N–H and O–H groups in total. The van der Waals surface area contributed by atoms with Crippen LogP contribution in [-0.2, 0) is 11.3 Å². The number of hydrogen-bond acceptors (Lipinski definition) is 6. The zero-order valence-corrected chi connectivity index (χ0v) is 15.6. The van der Waals surface area contributed by atoms with Gasteiger partial charge in [0.05, 0.1) is 5.92 Å². The molecule has 2 saturated heterocycles. The van der Waals surface area contributed by atoms with E-state index in [1.165, 1.54) is 5.56 Å². The molecule has 4 rings (SSSR count). The van der Waals surface area contributed by atoms with Crippen molar-refractivity contribution >= 4 is 11.9 Å². The number of aromatic nitrogens is 3. The third-order valence-corrected chi connectivity index (χ3v) is 5.45. The third-order valence-electron chi connectivity index (χ3n) is 5.45. The Morgan fingerprint density at radius 2 is 1.74 bits per heavy atom. The van der Waals surface area contributed by atoms with Crippen molar-refractivity contribution in [3.63, 3.8) is 0 Å². The molecule has 0 saturated carbocycles. The highest BCUT2D eigenvalue weighted by Gasteiger charge is 2.31. The number of carbonyl (C=O) groups excluding carboxylic acids is 1. The minimum atomic E-state index is 0.0503. The Labute approximate surface area is 160 Å². The number of carbonyl (C=O) groups is 1. The summed E-state index contributed by atoms with van der Waals surface area (Å²) in [5.41, 5.74) is 1.27. The predicted octanol–water partition coefficient (Wildman–Crippen LogP) is 1.43. The smallest absolute Gasteiger partial charge is 0.227 e. The van der Waals surface area contributed by atoms with Gasteiger partial charge in [0.2, 0.25) is 11.9 Å². The van der Waals surface area contributed by atoms with Crippen LogP contribution >= 0.6 is 0 Å². The van der Waals surface area contributed by atoms with Crippen LogP contribution in [0.15, 0.2) is 43.0 Å². The van der Waals surface area contributed by atoms with Crippen molar-refractivity contribution in [2.24, 2.45) is 5.92 Å². The van der Waals surface area contributed by atoms with Crippen LogP contribution in [0.2, 0.25) is 0 Å². The van der Waals surface area contributed by atoms with E-state index in [1.54, 1.807) is 12.4 Å². The SMILES string of the molecule is O=C(C1CCCN(c2ncccn2)C1)N1CCN(Cc2ccncc2)CC1. The Kier molecular flexibility index (Phi) is 5.58. The molecular formula is C20H26N6O. The van der Waals surface area contributed by atoms with Gasteiger partial charge in [0, 0.05) is 70.6 Å². The topological polar surface area (TPSA) is 65.5 Å². The highest BCUT2D eigenvalue weighted by Crippen LogP contribution is 2.22. The van der Waals surface area contributed by atoms with Crippen LogP contribution in [0.25, 0.3) is 0 Å². The van der Waals surface area contributed by atoms with Crippen molar-refractivity contribution in [3.05, 3.63) is 48.5 Å². The molecule has 7 nitrogen and oxygen atoms in total. The Hall–Kier alpha value is -2.54. The summed E-state index contributed by atoms with van der Waals surface area (Å²) in [4.78, 5) is 32.4. The zero-order chi connectivity index (χ0) is 18.5. The van der Waals surface area contributed by atoms with Crippen molar-refractivity contribution in [1.29, 1.82) is 0 Å². The molecule has 27 heavy (non-hydrogen) atoms. The molecule has 2 aromatic heterocycles. The summed E-state index contributed by atoms with van der Waals surface area (Å²) >= 11 is 0. The second-order valence-electron chi connectivity index (χ2n) is 7.29. The largest absolute Gasteiger partial charge is 0.340 e. The van der Waals surface area contributed by atoms with E-state index >= 15 is 0 Å². The molecule has 1 amide bonds. The van der Waals surface area contributed by atoms with Gasteiger partial charge in [-0.1, -0.05) is 0 Å². The lowest BCUT2D eigenvalue weighted by Crippen LogP contribution is -2.52. The maximum Gasteiger partial charge on any atom is 0.227 e. The first-order valence-corrected chi connectivity index (χ1v) is 9.71. The summed E-state index contributed by atoms with van der Waals surface area (Å²) < 4.78 is 0. The average Bonchev–Trinajstić information content (AvgIpc) is 2.75. The third kappa shape index (κ3) is 4.42. The second kappa shape index (κ2) is 8.43.